The molecule has 2 aromatic rings. The van der Waals surface area contributed by atoms with Gasteiger partial charge in [0.1, 0.15) is 0 Å². The number of nitrogens with two attached hydrogens (primary N) is 1. The number of hydrogen-bond acceptors (Lipinski definition) is 6. The highest BCUT2D eigenvalue weighted by atomic mass is 32.2. The van der Waals surface area contributed by atoms with E-state index in [1.165, 1.54) is 0 Å². The minimum absolute atomic E-state index is 0.178. The normalized spacial score (nSPS) is 12.6. The second-order valence-corrected chi connectivity index (χ2v) is 4.92. The molecule has 0 amide bonds. The van der Waals surface area contributed by atoms with Crippen LogP contribution < -0.4 is 5.73 Å². The zero-order valence-electron chi connectivity index (χ0n) is 10.2. The molecule has 2 heterocycles. The van der Waals surface area contributed by atoms with Crippen LogP contribution in [0.4, 0.5) is 0 Å². The lowest BCUT2D eigenvalue weighted by Crippen LogP contribution is -2.11. The first-order chi connectivity index (χ1) is 8.79. The van der Waals surface area contributed by atoms with Crippen LogP contribution in [0.5, 0.6) is 0 Å². The first kappa shape index (κ1) is 13.0. The Morgan fingerprint density at radius 3 is 3.06 bits per heavy atom. The molecule has 2 rings (SSSR count). The summed E-state index contributed by atoms with van der Waals surface area (Å²) in [7, 11) is 0. The number of aromatic nitrogens is 3. The first-order valence-electron chi connectivity index (χ1n) is 5.76. The monoisotopic (exact) mass is 264 g/mol. The summed E-state index contributed by atoms with van der Waals surface area (Å²) in [5.41, 5.74) is 6.88. The fourth-order valence-corrected chi connectivity index (χ4v) is 2.01. The van der Waals surface area contributed by atoms with Crippen molar-refractivity contribution < 1.29 is 4.52 Å². The van der Waals surface area contributed by atoms with E-state index in [-0.39, 0.29) is 6.04 Å². The summed E-state index contributed by atoms with van der Waals surface area (Å²) in [6.07, 6.45) is 5.21. The van der Waals surface area contributed by atoms with Crippen molar-refractivity contribution >= 4 is 11.8 Å². The Labute approximate surface area is 110 Å². The van der Waals surface area contributed by atoms with Crippen molar-refractivity contribution in [1.29, 1.82) is 0 Å². The number of rotatable bonds is 6. The highest BCUT2D eigenvalue weighted by Crippen LogP contribution is 2.14. The summed E-state index contributed by atoms with van der Waals surface area (Å²) < 4.78 is 5.17. The third-order valence-corrected chi connectivity index (χ3v) is 3.14. The van der Waals surface area contributed by atoms with E-state index < -0.39 is 0 Å². The lowest BCUT2D eigenvalue weighted by molar-refractivity contribution is 0.349. The van der Waals surface area contributed by atoms with E-state index in [2.05, 4.69) is 15.1 Å². The predicted octanol–water partition coefficient (Wildman–Crippen LogP) is 1.81. The number of thioether (sulfide) groups is 1. The highest BCUT2D eigenvalue weighted by molar-refractivity contribution is 7.98. The lowest BCUT2D eigenvalue weighted by atomic mass is 10.2. The molecule has 6 heteroatoms. The van der Waals surface area contributed by atoms with Crippen molar-refractivity contribution in [2.24, 2.45) is 5.73 Å². The zero-order chi connectivity index (χ0) is 12.8. The van der Waals surface area contributed by atoms with Crippen LogP contribution in [0.15, 0.2) is 28.9 Å². The Hall–Kier alpha value is -1.40. The summed E-state index contributed by atoms with van der Waals surface area (Å²) in [6, 6.07) is 5.57. The molecule has 0 saturated carbocycles. The van der Waals surface area contributed by atoms with Crippen LogP contribution >= 0.6 is 11.8 Å². The van der Waals surface area contributed by atoms with E-state index in [0.717, 1.165) is 17.9 Å². The van der Waals surface area contributed by atoms with Gasteiger partial charge in [0.05, 0.1) is 12.5 Å². The fourth-order valence-electron chi connectivity index (χ4n) is 1.52. The summed E-state index contributed by atoms with van der Waals surface area (Å²) in [4.78, 5) is 8.53. The summed E-state index contributed by atoms with van der Waals surface area (Å²) in [5.74, 6) is 2.12. The van der Waals surface area contributed by atoms with Crippen molar-refractivity contribution in [2.75, 3.05) is 12.0 Å². The molecule has 0 aliphatic heterocycles. The lowest BCUT2D eigenvalue weighted by Gasteiger charge is -2.03. The summed E-state index contributed by atoms with van der Waals surface area (Å²) in [6.45, 7) is 0. The molecule has 96 valence electrons. The van der Waals surface area contributed by atoms with Gasteiger partial charge in [-0.25, -0.2) is 0 Å². The second kappa shape index (κ2) is 6.51. The molecule has 0 bridgehead atoms. The van der Waals surface area contributed by atoms with Gasteiger partial charge in [0.2, 0.25) is 5.89 Å². The molecule has 0 spiro atoms. The molecule has 0 radical (unpaired) electrons. The molecule has 18 heavy (non-hydrogen) atoms. The van der Waals surface area contributed by atoms with Gasteiger partial charge in [0.25, 0.3) is 0 Å². The maximum atomic E-state index is 5.96. The van der Waals surface area contributed by atoms with Crippen LogP contribution in [0.25, 0.3) is 0 Å². The zero-order valence-corrected chi connectivity index (χ0v) is 11.1. The van der Waals surface area contributed by atoms with E-state index >= 15 is 0 Å². The number of nitrogens with zero attached hydrogens (tertiary/aromatic N) is 3. The molecule has 0 aliphatic carbocycles. The Morgan fingerprint density at radius 2 is 2.33 bits per heavy atom. The average Bonchev–Trinajstić information content (AvgIpc) is 2.86. The minimum atomic E-state index is -0.178. The maximum absolute atomic E-state index is 5.96. The van der Waals surface area contributed by atoms with Crippen LogP contribution in [-0.4, -0.2) is 27.1 Å². The predicted molar refractivity (Wildman–Crippen MR) is 71.3 cm³/mol. The highest BCUT2D eigenvalue weighted by Gasteiger charge is 2.14. The molecule has 2 N–H and O–H groups in total. The van der Waals surface area contributed by atoms with E-state index in [1.807, 2.05) is 24.5 Å². The number of pyridine rings is 1. The molecule has 0 fully saturated rings. The van der Waals surface area contributed by atoms with Crippen molar-refractivity contribution in [3.05, 3.63) is 41.8 Å². The third-order valence-electron chi connectivity index (χ3n) is 2.50. The molecule has 0 aromatic carbocycles. The largest absolute Gasteiger partial charge is 0.338 e. The van der Waals surface area contributed by atoms with Crippen molar-refractivity contribution in [3.63, 3.8) is 0 Å². The van der Waals surface area contributed by atoms with Crippen LogP contribution in [0, 0.1) is 0 Å². The molecule has 0 unspecified atom stereocenters. The van der Waals surface area contributed by atoms with Crippen LogP contribution in [0.2, 0.25) is 0 Å². The topological polar surface area (TPSA) is 77.8 Å². The van der Waals surface area contributed by atoms with Gasteiger partial charge in [-0.05, 0) is 30.6 Å². The molecular formula is C12H16N4OS. The van der Waals surface area contributed by atoms with Gasteiger partial charge >= 0.3 is 0 Å². The van der Waals surface area contributed by atoms with E-state index in [0.29, 0.717) is 18.1 Å². The molecule has 2 aromatic heterocycles. The van der Waals surface area contributed by atoms with Crippen molar-refractivity contribution in [1.82, 2.24) is 15.1 Å². The van der Waals surface area contributed by atoms with Gasteiger partial charge in [-0.1, -0.05) is 11.2 Å². The Morgan fingerprint density at radius 1 is 1.44 bits per heavy atom. The average molecular weight is 264 g/mol. The SMILES string of the molecule is CSCC[C@H](N)c1nc(Cc2ccccn2)no1. The molecular weight excluding hydrogens is 248 g/mol. The quantitative estimate of drug-likeness (QED) is 0.857. The number of hydrogen-bond donors (Lipinski definition) is 1. The molecule has 0 saturated heterocycles. The van der Waals surface area contributed by atoms with Crippen LogP contribution in [0.3, 0.4) is 0 Å². The standard InChI is InChI=1S/C12H16N4OS/c1-18-7-5-10(13)12-15-11(16-17-12)8-9-4-2-3-6-14-9/h2-4,6,10H,5,7-8,13H2,1H3/t10-/m0/s1. The van der Waals surface area contributed by atoms with Gasteiger partial charge in [-0.2, -0.15) is 16.7 Å². The van der Waals surface area contributed by atoms with Crippen molar-refractivity contribution in [2.45, 2.75) is 18.9 Å². The maximum Gasteiger partial charge on any atom is 0.243 e. The smallest absolute Gasteiger partial charge is 0.243 e. The van der Waals surface area contributed by atoms with Gasteiger partial charge in [0, 0.05) is 11.9 Å². The van der Waals surface area contributed by atoms with E-state index in [9.17, 15) is 0 Å². The second-order valence-electron chi connectivity index (χ2n) is 3.93. The molecule has 0 aliphatic rings. The van der Waals surface area contributed by atoms with Crippen molar-refractivity contribution in [3.8, 4) is 0 Å². The Balaban J connectivity index is 1.98. The Kier molecular flexibility index (Phi) is 4.72. The van der Waals surface area contributed by atoms with Gasteiger partial charge in [-0.15, -0.1) is 0 Å². The van der Waals surface area contributed by atoms with Gasteiger partial charge < -0.3 is 10.3 Å². The minimum Gasteiger partial charge on any atom is -0.338 e. The summed E-state index contributed by atoms with van der Waals surface area (Å²) in [5, 5.41) is 3.93. The fraction of sp³-hybridized carbons (Fsp3) is 0.417. The first-order valence-corrected chi connectivity index (χ1v) is 7.16. The van der Waals surface area contributed by atoms with E-state index in [4.69, 9.17) is 10.3 Å². The van der Waals surface area contributed by atoms with Crippen LogP contribution in [0.1, 0.15) is 29.9 Å². The van der Waals surface area contributed by atoms with Crippen LogP contribution in [-0.2, 0) is 6.42 Å². The third kappa shape index (κ3) is 3.54. The van der Waals surface area contributed by atoms with Gasteiger partial charge in [-0.3, -0.25) is 4.98 Å². The Bertz CT molecular complexity index is 474. The van der Waals surface area contributed by atoms with Gasteiger partial charge in [0.15, 0.2) is 5.82 Å². The molecule has 1 atom stereocenters. The van der Waals surface area contributed by atoms with E-state index in [1.54, 1.807) is 18.0 Å². The molecule has 5 nitrogen and oxygen atoms in total. The summed E-state index contributed by atoms with van der Waals surface area (Å²) >= 11 is 1.75.